The zero-order valence-electron chi connectivity index (χ0n) is 16.5. The number of carbonyl (C=O) groups excluding carboxylic acids is 2. The Labute approximate surface area is 183 Å². The van der Waals surface area contributed by atoms with Gasteiger partial charge in [0.2, 0.25) is 0 Å². The van der Waals surface area contributed by atoms with E-state index in [2.05, 4.69) is 5.32 Å². The SMILES string of the molecule is N#Cc1ccc(NC(=O)COC(=O)c2ccc(N3CCCCC3)c([N+](=O)[O-])c2)cc1Cl. The first kappa shape index (κ1) is 22.1. The van der Waals surface area contributed by atoms with Gasteiger partial charge in [0.05, 0.1) is 21.1 Å². The van der Waals surface area contributed by atoms with Crippen molar-refractivity contribution in [2.45, 2.75) is 19.3 Å². The average molecular weight is 443 g/mol. The van der Waals surface area contributed by atoms with Crippen LogP contribution in [0.15, 0.2) is 36.4 Å². The van der Waals surface area contributed by atoms with Gasteiger partial charge in [-0.3, -0.25) is 14.9 Å². The highest BCUT2D eigenvalue weighted by Gasteiger charge is 2.23. The van der Waals surface area contributed by atoms with Gasteiger partial charge in [0.15, 0.2) is 6.61 Å². The number of nitro groups is 1. The molecule has 1 aliphatic rings. The summed E-state index contributed by atoms with van der Waals surface area (Å²) in [5.41, 5.74) is 0.888. The third-order valence-electron chi connectivity index (χ3n) is 4.81. The lowest BCUT2D eigenvalue weighted by Gasteiger charge is -2.28. The van der Waals surface area contributed by atoms with Crippen molar-refractivity contribution in [1.29, 1.82) is 5.26 Å². The molecule has 1 amide bonds. The van der Waals surface area contributed by atoms with Gasteiger partial charge >= 0.3 is 5.97 Å². The Kier molecular flexibility index (Phi) is 7.05. The molecule has 0 bridgehead atoms. The van der Waals surface area contributed by atoms with Crippen molar-refractivity contribution in [2.24, 2.45) is 0 Å². The van der Waals surface area contributed by atoms with Crippen molar-refractivity contribution in [3.63, 3.8) is 0 Å². The Morgan fingerprint density at radius 2 is 1.94 bits per heavy atom. The molecular weight excluding hydrogens is 424 g/mol. The fourth-order valence-corrected chi connectivity index (χ4v) is 3.52. The van der Waals surface area contributed by atoms with Gasteiger partial charge in [-0.1, -0.05) is 11.6 Å². The molecule has 0 aromatic heterocycles. The quantitative estimate of drug-likeness (QED) is 0.408. The van der Waals surface area contributed by atoms with Crippen LogP contribution in [0.5, 0.6) is 0 Å². The van der Waals surface area contributed by atoms with E-state index in [0.29, 0.717) is 11.4 Å². The summed E-state index contributed by atoms with van der Waals surface area (Å²) < 4.78 is 4.98. The van der Waals surface area contributed by atoms with Crippen molar-refractivity contribution in [2.75, 3.05) is 29.9 Å². The van der Waals surface area contributed by atoms with Crippen molar-refractivity contribution in [1.82, 2.24) is 0 Å². The lowest BCUT2D eigenvalue weighted by atomic mass is 10.1. The summed E-state index contributed by atoms with van der Waals surface area (Å²) >= 11 is 5.91. The minimum absolute atomic E-state index is 0.0123. The molecule has 31 heavy (non-hydrogen) atoms. The van der Waals surface area contributed by atoms with Crippen molar-refractivity contribution in [3.05, 3.63) is 62.7 Å². The Morgan fingerprint density at radius 3 is 2.58 bits per heavy atom. The number of esters is 1. The van der Waals surface area contributed by atoms with E-state index in [-0.39, 0.29) is 21.8 Å². The third kappa shape index (κ3) is 5.49. The minimum Gasteiger partial charge on any atom is -0.452 e. The Hall–Kier alpha value is -3.64. The van der Waals surface area contributed by atoms with Crippen LogP contribution in [0.2, 0.25) is 5.02 Å². The maximum Gasteiger partial charge on any atom is 0.338 e. The standard InChI is InChI=1S/C21H19ClN4O5/c22-17-11-16(6-4-15(17)12-23)24-20(27)13-31-21(28)14-5-7-18(19(10-14)26(29)30)25-8-2-1-3-9-25/h4-7,10-11H,1-3,8-9,13H2,(H,24,27). The van der Waals surface area contributed by atoms with E-state index < -0.39 is 23.4 Å². The van der Waals surface area contributed by atoms with Crippen LogP contribution in [0, 0.1) is 21.4 Å². The molecule has 0 atom stereocenters. The topological polar surface area (TPSA) is 126 Å². The molecule has 0 radical (unpaired) electrons. The summed E-state index contributed by atoms with van der Waals surface area (Å²) in [7, 11) is 0. The van der Waals surface area contributed by atoms with Crippen molar-refractivity contribution >= 4 is 40.5 Å². The Bertz CT molecular complexity index is 1060. The van der Waals surface area contributed by atoms with Crippen LogP contribution in [-0.4, -0.2) is 36.5 Å². The number of piperidine rings is 1. The predicted molar refractivity (Wildman–Crippen MR) is 114 cm³/mol. The number of benzene rings is 2. The number of halogens is 1. The van der Waals surface area contributed by atoms with Gasteiger partial charge in [0.1, 0.15) is 11.8 Å². The van der Waals surface area contributed by atoms with Crippen LogP contribution in [0.3, 0.4) is 0 Å². The average Bonchev–Trinajstić information content (AvgIpc) is 2.77. The third-order valence-corrected chi connectivity index (χ3v) is 5.12. The first-order chi connectivity index (χ1) is 14.9. The first-order valence-corrected chi connectivity index (χ1v) is 9.97. The van der Waals surface area contributed by atoms with E-state index >= 15 is 0 Å². The van der Waals surface area contributed by atoms with Crippen LogP contribution in [0.1, 0.15) is 35.2 Å². The monoisotopic (exact) mass is 442 g/mol. The molecule has 2 aromatic carbocycles. The first-order valence-electron chi connectivity index (χ1n) is 9.59. The molecule has 1 saturated heterocycles. The van der Waals surface area contributed by atoms with Crippen LogP contribution in [0.4, 0.5) is 17.1 Å². The maximum atomic E-state index is 12.3. The van der Waals surface area contributed by atoms with Crippen molar-refractivity contribution in [3.8, 4) is 6.07 Å². The summed E-state index contributed by atoms with van der Waals surface area (Å²) in [5, 5.41) is 23.1. The molecule has 1 heterocycles. The van der Waals surface area contributed by atoms with E-state index in [9.17, 15) is 19.7 Å². The smallest absolute Gasteiger partial charge is 0.338 e. The fraction of sp³-hybridized carbons (Fsp3) is 0.286. The van der Waals surface area contributed by atoms with Crippen LogP contribution < -0.4 is 10.2 Å². The zero-order valence-corrected chi connectivity index (χ0v) is 17.2. The number of carbonyl (C=O) groups is 2. The highest BCUT2D eigenvalue weighted by atomic mass is 35.5. The number of nitro benzene ring substituents is 1. The number of ether oxygens (including phenoxy) is 1. The van der Waals surface area contributed by atoms with Gasteiger partial charge < -0.3 is 15.0 Å². The fourth-order valence-electron chi connectivity index (χ4n) is 3.29. The highest BCUT2D eigenvalue weighted by Crippen LogP contribution is 2.31. The number of nitriles is 1. The molecule has 10 heteroatoms. The summed E-state index contributed by atoms with van der Waals surface area (Å²) in [6.45, 7) is 0.868. The molecule has 160 valence electrons. The van der Waals surface area contributed by atoms with Gasteiger partial charge in [-0.2, -0.15) is 5.26 Å². The molecule has 0 saturated carbocycles. The van der Waals surface area contributed by atoms with Crippen LogP contribution in [-0.2, 0) is 9.53 Å². The molecular formula is C21H19ClN4O5. The molecule has 2 aromatic rings. The molecule has 0 spiro atoms. The second-order valence-corrected chi connectivity index (χ2v) is 7.35. The summed E-state index contributed by atoms with van der Waals surface area (Å²) in [5.74, 6) is -1.46. The Balaban J connectivity index is 1.64. The largest absolute Gasteiger partial charge is 0.452 e. The molecule has 1 aliphatic heterocycles. The molecule has 9 nitrogen and oxygen atoms in total. The van der Waals surface area contributed by atoms with Crippen molar-refractivity contribution < 1.29 is 19.2 Å². The second-order valence-electron chi connectivity index (χ2n) is 6.94. The van der Waals surface area contributed by atoms with E-state index in [4.69, 9.17) is 21.6 Å². The number of hydrogen-bond donors (Lipinski definition) is 1. The van der Waals surface area contributed by atoms with E-state index in [0.717, 1.165) is 32.4 Å². The van der Waals surface area contributed by atoms with E-state index in [1.807, 2.05) is 11.0 Å². The number of amides is 1. The predicted octanol–water partition coefficient (Wildman–Crippen LogP) is 3.91. The molecule has 1 fully saturated rings. The number of rotatable bonds is 6. The van der Waals surface area contributed by atoms with Gasteiger partial charge in [0.25, 0.3) is 11.6 Å². The summed E-state index contributed by atoms with van der Waals surface area (Å²) in [4.78, 5) is 37.3. The van der Waals surface area contributed by atoms with Gasteiger partial charge in [0, 0.05) is 24.8 Å². The zero-order chi connectivity index (χ0) is 22.4. The lowest BCUT2D eigenvalue weighted by molar-refractivity contribution is -0.384. The molecule has 1 N–H and O–H groups in total. The minimum atomic E-state index is -0.846. The van der Waals surface area contributed by atoms with E-state index in [1.165, 1.54) is 30.3 Å². The number of nitrogens with zero attached hydrogens (tertiary/aromatic N) is 3. The van der Waals surface area contributed by atoms with Gasteiger partial charge in [-0.15, -0.1) is 0 Å². The van der Waals surface area contributed by atoms with Crippen LogP contribution in [0.25, 0.3) is 0 Å². The second kappa shape index (κ2) is 9.91. The molecule has 3 rings (SSSR count). The molecule has 0 unspecified atom stereocenters. The Morgan fingerprint density at radius 1 is 1.19 bits per heavy atom. The number of hydrogen-bond acceptors (Lipinski definition) is 7. The summed E-state index contributed by atoms with van der Waals surface area (Å²) in [6.07, 6.45) is 3.01. The van der Waals surface area contributed by atoms with Crippen LogP contribution >= 0.6 is 11.6 Å². The molecule has 0 aliphatic carbocycles. The number of nitrogens with one attached hydrogen (secondary N) is 1. The number of anilines is 2. The normalized spacial score (nSPS) is 13.2. The van der Waals surface area contributed by atoms with Gasteiger partial charge in [-0.05, 0) is 49.6 Å². The highest BCUT2D eigenvalue weighted by molar-refractivity contribution is 6.32. The lowest BCUT2D eigenvalue weighted by Crippen LogP contribution is -2.30. The van der Waals surface area contributed by atoms with E-state index in [1.54, 1.807) is 6.07 Å². The van der Waals surface area contributed by atoms with Gasteiger partial charge in [-0.25, -0.2) is 4.79 Å². The summed E-state index contributed by atoms with van der Waals surface area (Å²) in [6, 6.07) is 10.4. The maximum absolute atomic E-state index is 12.3.